The number of hydrogen-bond acceptors (Lipinski definition) is 2. The zero-order chi connectivity index (χ0) is 24.2. The van der Waals surface area contributed by atoms with Crippen LogP contribution in [0.4, 0.5) is 0 Å². The molecule has 0 bridgehead atoms. The van der Waals surface area contributed by atoms with Crippen LogP contribution in [0.3, 0.4) is 0 Å². The summed E-state index contributed by atoms with van der Waals surface area (Å²) in [5.41, 5.74) is 7.72. The third kappa shape index (κ3) is 5.33. The van der Waals surface area contributed by atoms with E-state index in [9.17, 15) is 0 Å². The van der Waals surface area contributed by atoms with Crippen molar-refractivity contribution in [2.45, 2.75) is 44.6 Å². The highest BCUT2D eigenvalue weighted by atomic mass is 16.6. The Morgan fingerprint density at radius 3 is 1.43 bits per heavy atom. The van der Waals surface area contributed by atoms with Gasteiger partial charge in [-0.2, -0.15) is 0 Å². The van der Waals surface area contributed by atoms with E-state index in [0.717, 1.165) is 12.4 Å². The molecule has 4 aromatic carbocycles. The van der Waals surface area contributed by atoms with Crippen molar-refractivity contribution in [3.8, 4) is 5.75 Å². The minimum absolute atomic E-state index is 0.205. The lowest BCUT2D eigenvalue weighted by molar-refractivity contribution is 0.258. The molecule has 1 heterocycles. The number of rotatable bonds is 9. The van der Waals surface area contributed by atoms with Gasteiger partial charge in [0.1, 0.15) is 18.5 Å². The molecule has 4 aromatic rings. The Bertz CT molecular complexity index is 1160. The summed E-state index contributed by atoms with van der Waals surface area (Å²) in [6.45, 7) is 8.27. The van der Waals surface area contributed by atoms with Gasteiger partial charge in [0, 0.05) is 28.9 Å². The summed E-state index contributed by atoms with van der Waals surface area (Å²) >= 11 is 0. The molecule has 1 aliphatic rings. The molecule has 1 aliphatic heterocycles. The molecule has 35 heavy (non-hydrogen) atoms. The van der Waals surface area contributed by atoms with Gasteiger partial charge in [-0.3, -0.25) is 0 Å². The summed E-state index contributed by atoms with van der Waals surface area (Å²) in [4.78, 5) is 0. The Kier molecular flexibility index (Phi) is 7.01. The fraction of sp³-hybridized carbons (Fsp3) is 0.273. The Morgan fingerprint density at radius 2 is 1.03 bits per heavy atom. The summed E-state index contributed by atoms with van der Waals surface area (Å²) in [7, 11) is 0. The Balaban J connectivity index is 1.67. The van der Waals surface area contributed by atoms with Crippen molar-refractivity contribution in [1.82, 2.24) is 0 Å². The van der Waals surface area contributed by atoms with Gasteiger partial charge in [-0.05, 0) is 22.3 Å². The molecule has 0 amide bonds. The van der Waals surface area contributed by atoms with Crippen LogP contribution in [0.2, 0.25) is 0 Å². The second kappa shape index (κ2) is 10.5. The van der Waals surface area contributed by atoms with Crippen molar-refractivity contribution < 1.29 is 9.47 Å². The van der Waals surface area contributed by atoms with Gasteiger partial charge in [0.15, 0.2) is 0 Å². The van der Waals surface area contributed by atoms with E-state index in [-0.39, 0.29) is 23.9 Å². The lowest BCUT2D eigenvalue weighted by atomic mass is 9.81. The minimum atomic E-state index is 0.205. The van der Waals surface area contributed by atoms with E-state index in [0.29, 0.717) is 6.61 Å². The van der Waals surface area contributed by atoms with E-state index >= 15 is 0 Å². The van der Waals surface area contributed by atoms with Crippen molar-refractivity contribution in [3.05, 3.63) is 137 Å². The average molecular weight is 463 g/mol. The number of ether oxygens (including phenoxy) is 2. The van der Waals surface area contributed by atoms with Crippen LogP contribution in [0.1, 0.15) is 71.9 Å². The molecule has 178 valence electrons. The first-order chi connectivity index (χ1) is 17.1. The molecule has 4 atom stereocenters. The highest BCUT2D eigenvalue weighted by Crippen LogP contribution is 2.43. The fourth-order valence-electron chi connectivity index (χ4n) is 4.88. The van der Waals surface area contributed by atoms with E-state index < -0.39 is 0 Å². The van der Waals surface area contributed by atoms with Crippen LogP contribution in [-0.4, -0.2) is 19.3 Å². The lowest BCUT2D eigenvalue weighted by Gasteiger charge is -2.26. The van der Waals surface area contributed by atoms with Crippen molar-refractivity contribution in [1.29, 1.82) is 0 Å². The standard InChI is InChI=1S/C33H34O2/c1-23(26-13-7-4-8-14-26)29-19-31(24(2)27-15-9-5-10-16-27)33(35-22-30-21-34-30)32(20-29)25(3)28-17-11-6-12-18-28/h4-20,23-25,30H,21-22H2,1-3H3. The van der Waals surface area contributed by atoms with Crippen LogP contribution in [0, 0.1) is 0 Å². The van der Waals surface area contributed by atoms with E-state index in [1.165, 1.54) is 33.4 Å². The molecule has 5 rings (SSSR count). The van der Waals surface area contributed by atoms with Crippen molar-refractivity contribution >= 4 is 0 Å². The molecule has 4 unspecified atom stereocenters. The summed E-state index contributed by atoms with van der Waals surface area (Å²) in [6.07, 6.45) is 0.206. The molecular weight excluding hydrogens is 428 g/mol. The number of benzene rings is 4. The maximum absolute atomic E-state index is 6.59. The molecule has 0 aromatic heterocycles. The van der Waals surface area contributed by atoms with Gasteiger partial charge in [0.05, 0.1) is 6.61 Å². The van der Waals surface area contributed by atoms with Gasteiger partial charge in [-0.25, -0.2) is 0 Å². The van der Waals surface area contributed by atoms with E-state index in [1.54, 1.807) is 0 Å². The van der Waals surface area contributed by atoms with Crippen LogP contribution in [0.25, 0.3) is 0 Å². The first kappa shape index (κ1) is 23.4. The number of hydrogen-bond donors (Lipinski definition) is 0. The van der Waals surface area contributed by atoms with Crippen LogP contribution in [0.15, 0.2) is 103 Å². The van der Waals surface area contributed by atoms with E-state index in [2.05, 4.69) is 124 Å². The van der Waals surface area contributed by atoms with Crippen LogP contribution >= 0.6 is 0 Å². The van der Waals surface area contributed by atoms with Crippen molar-refractivity contribution in [2.75, 3.05) is 13.2 Å². The molecule has 0 N–H and O–H groups in total. The summed E-state index contributed by atoms with van der Waals surface area (Å²) < 4.78 is 12.1. The van der Waals surface area contributed by atoms with E-state index in [4.69, 9.17) is 9.47 Å². The van der Waals surface area contributed by atoms with E-state index in [1.807, 2.05) is 0 Å². The lowest BCUT2D eigenvalue weighted by Crippen LogP contribution is -2.13. The second-order valence-corrected chi connectivity index (χ2v) is 9.69. The zero-order valence-electron chi connectivity index (χ0n) is 20.9. The third-order valence-corrected chi connectivity index (χ3v) is 7.32. The quantitative estimate of drug-likeness (QED) is 0.236. The van der Waals surface area contributed by atoms with Gasteiger partial charge in [0.2, 0.25) is 0 Å². The zero-order valence-corrected chi connectivity index (χ0v) is 20.9. The van der Waals surface area contributed by atoms with Gasteiger partial charge in [0.25, 0.3) is 0 Å². The first-order valence-corrected chi connectivity index (χ1v) is 12.7. The maximum Gasteiger partial charge on any atom is 0.127 e. The average Bonchev–Trinajstić information content (AvgIpc) is 3.76. The molecule has 2 heteroatoms. The van der Waals surface area contributed by atoms with Gasteiger partial charge < -0.3 is 9.47 Å². The summed E-state index contributed by atoms with van der Waals surface area (Å²) in [5, 5.41) is 0. The van der Waals surface area contributed by atoms with Gasteiger partial charge in [-0.15, -0.1) is 0 Å². The molecular formula is C33H34O2. The monoisotopic (exact) mass is 462 g/mol. The molecule has 0 spiro atoms. The normalized spacial score (nSPS) is 17.4. The highest BCUT2D eigenvalue weighted by molar-refractivity contribution is 5.54. The highest BCUT2D eigenvalue weighted by Gasteiger charge is 2.28. The fourth-order valence-corrected chi connectivity index (χ4v) is 4.88. The largest absolute Gasteiger partial charge is 0.490 e. The smallest absolute Gasteiger partial charge is 0.127 e. The first-order valence-electron chi connectivity index (χ1n) is 12.7. The Labute approximate surface area is 209 Å². The Morgan fingerprint density at radius 1 is 0.629 bits per heavy atom. The topological polar surface area (TPSA) is 21.8 Å². The van der Waals surface area contributed by atoms with Gasteiger partial charge in [-0.1, -0.05) is 124 Å². The van der Waals surface area contributed by atoms with Crippen molar-refractivity contribution in [2.24, 2.45) is 0 Å². The molecule has 0 saturated carbocycles. The number of epoxide rings is 1. The molecule has 1 saturated heterocycles. The third-order valence-electron chi connectivity index (χ3n) is 7.32. The molecule has 0 aliphatic carbocycles. The summed E-state index contributed by atoms with van der Waals surface area (Å²) in [5.74, 6) is 1.70. The van der Waals surface area contributed by atoms with Crippen LogP contribution in [-0.2, 0) is 4.74 Å². The summed E-state index contributed by atoms with van der Waals surface area (Å²) in [6, 6.07) is 37.0. The molecule has 1 fully saturated rings. The SMILES string of the molecule is CC(c1ccccc1)c1cc(C(C)c2ccccc2)c(OCC2CO2)c(C(C)c2ccccc2)c1. The molecule has 0 radical (unpaired) electrons. The Hall–Kier alpha value is -3.36. The second-order valence-electron chi connectivity index (χ2n) is 9.69. The maximum atomic E-state index is 6.59. The predicted octanol–water partition coefficient (Wildman–Crippen LogP) is 7.92. The van der Waals surface area contributed by atoms with Crippen LogP contribution < -0.4 is 4.74 Å². The van der Waals surface area contributed by atoms with Crippen molar-refractivity contribution in [3.63, 3.8) is 0 Å². The van der Waals surface area contributed by atoms with Gasteiger partial charge >= 0.3 is 0 Å². The predicted molar refractivity (Wildman–Crippen MR) is 144 cm³/mol. The van der Waals surface area contributed by atoms with Crippen LogP contribution in [0.5, 0.6) is 5.75 Å². The minimum Gasteiger partial charge on any atom is -0.490 e. The molecule has 2 nitrogen and oxygen atoms in total.